The van der Waals surface area contributed by atoms with E-state index >= 15 is 0 Å². The molecule has 1 aliphatic heterocycles. The first kappa shape index (κ1) is 27.1. The van der Waals surface area contributed by atoms with E-state index in [0.29, 0.717) is 31.2 Å². The van der Waals surface area contributed by atoms with Crippen LogP contribution in [0.15, 0.2) is 24.3 Å². The maximum Gasteiger partial charge on any atom is 0.330 e. The summed E-state index contributed by atoms with van der Waals surface area (Å²) in [4.78, 5) is 23.5. The normalized spacial score (nSPS) is 28.7. The van der Waals surface area contributed by atoms with Gasteiger partial charge in [0.1, 0.15) is 36.8 Å². The molecule has 2 aliphatic rings. The molecule has 0 aromatic heterocycles. The van der Waals surface area contributed by atoms with Gasteiger partial charge in [0.25, 0.3) is 0 Å². The van der Waals surface area contributed by atoms with Gasteiger partial charge in [-0.3, -0.25) is 4.79 Å². The van der Waals surface area contributed by atoms with Crippen LogP contribution in [0.5, 0.6) is 11.5 Å². The molecule has 0 bridgehead atoms. The number of aliphatic hydroxyl groups excluding tert-OH is 3. The third-order valence-corrected chi connectivity index (χ3v) is 6.26. The van der Waals surface area contributed by atoms with Crippen LogP contribution in [0.4, 0.5) is 0 Å². The molecule has 1 heterocycles. The monoisotopic (exact) mass is 496 g/mol. The van der Waals surface area contributed by atoms with Gasteiger partial charge < -0.3 is 44.5 Å². The summed E-state index contributed by atoms with van der Waals surface area (Å²) in [7, 11) is 1.40. The van der Waals surface area contributed by atoms with Gasteiger partial charge >= 0.3 is 5.97 Å². The lowest BCUT2D eigenvalue weighted by molar-refractivity contribution is -0.303. The Morgan fingerprint density at radius 3 is 2.57 bits per heavy atom. The molecule has 0 radical (unpaired) electrons. The second kappa shape index (κ2) is 11.9. The zero-order valence-electron chi connectivity index (χ0n) is 19.4. The van der Waals surface area contributed by atoms with E-state index in [0.717, 1.165) is 6.08 Å². The molecule has 1 saturated heterocycles. The zero-order valence-corrected chi connectivity index (χ0v) is 19.4. The lowest BCUT2D eigenvalue weighted by Crippen LogP contribution is -2.59. The molecule has 5 atom stereocenters. The molecule has 11 heteroatoms. The number of Topliss-reactive ketones (excluding diaryl/α,β-unsaturated/α-hetero) is 1. The van der Waals surface area contributed by atoms with Crippen molar-refractivity contribution in [2.75, 3.05) is 20.3 Å². The zero-order chi connectivity index (χ0) is 25.6. The molecule has 2 fully saturated rings. The minimum absolute atomic E-state index is 0.0133. The fourth-order valence-electron chi connectivity index (χ4n) is 3.98. The van der Waals surface area contributed by atoms with Crippen LogP contribution in [0.25, 0.3) is 6.08 Å². The second-order valence-corrected chi connectivity index (χ2v) is 8.79. The Morgan fingerprint density at radius 1 is 1.17 bits per heavy atom. The molecule has 194 valence electrons. The Balaban J connectivity index is 1.50. The minimum Gasteiger partial charge on any atom is -0.504 e. The number of carbonyl (C=O) groups excluding carboxylic acids is 2. The molecule has 0 amide bonds. The first-order valence-corrected chi connectivity index (χ1v) is 11.4. The number of hydrogen-bond acceptors (Lipinski definition) is 11. The average molecular weight is 497 g/mol. The number of aromatic hydroxyl groups is 1. The van der Waals surface area contributed by atoms with E-state index in [2.05, 4.69) is 0 Å². The van der Waals surface area contributed by atoms with E-state index in [-0.39, 0.29) is 30.3 Å². The van der Waals surface area contributed by atoms with Crippen LogP contribution in [0.1, 0.15) is 37.7 Å². The predicted octanol–water partition coefficient (Wildman–Crippen LogP) is 0.0457. The van der Waals surface area contributed by atoms with E-state index in [4.69, 9.17) is 18.9 Å². The summed E-state index contributed by atoms with van der Waals surface area (Å²) in [6.07, 6.45) is -3.14. The van der Waals surface area contributed by atoms with Crippen molar-refractivity contribution in [2.24, 2.45) is 0 Å². The van der Waals surface area contributed by atoms with Crippen molar-refractivity contribution in [1.29, 1.82) is 0 Å². The highest BCUT2D eigenvalue weighted by Crippen LogP contribution is 2.30. The van der Waals surface area contributed by atoms with Crippen molar-refractivity contribution >= 4 is 17.8 Å². The molecule has 5 N–H and O–H groups in total. The SMILES string of the molecule is COc1cc(/C=C/C(=O)OCC2OC(OCCC3(O)CCC(=O)CC3)[C@@H](O)[C@@H](O)[C@H]2O)ccc1O. The van der Waals surface area contributed by atoms with Crippen LogP contribution in [0, 0.1) is 0 Å². The Bertz CT molecular complexity index is 905. The third-order valence-electron chi connectivity index (χ3n) is 6.26. The lowest BCUT2D eigenvalue weighted by atomic mass is 9.82. The van der Waals surface area contributed by atoms with E-state index in [1.807, 2.05) is 0 Å². The van der Waals surface area contributed by atoms with E-state index < -0.39 is 48.9 Å². The topological polar surface area (TPSA) is 172 Å². The number of benzene rings is 1. The highest BCUT2D eigenvalue weighted by atomic mass is 16.7. The van der Waals surface area contributed by atoms with Gasteiger partial charge in [-0.25, -0.2) is 4.79 Å². The van der Waals surface area contributed by atoms with Crippen LogP contribution in [0.3, 0.4) is 0 Å². The minimum atomic E-state index is -1.60. The molecule has 11 nitrogen and oxygen atoms in total. The molecule has 0 spiro atoms. The lowest BCUT2D eigenvalue weighted by Gasteiger charge is -2.40. The summed E-state index contributed by atoms with van der Waals surface area (Å²) in [5.41, 5.74) is -0.476. The number of ether oxygens (including phenoxy) is 4. The number of ketones is 1. The van der Waals surface area contributed by atoms with Gasteiger partial charge in [0.2, 0.25) is 0 Å². The Labute approximate surface area is 202 Å². The van der Waals surface area contributed by atoms with E-state index in [1.165, 1.54) is 25.3 Å². The van der Waals surface area contributed by atoms with Gasteiger partial charge in [-0.05, 0) is 43.0 Å². The molecule has 1 aromatic carbocycles. The third kappa shape index (κ3) is 7.23. The highest BCUT2D eigenvalue weighted by Gasteiger charge is 2.45. The summed E-state index contributed by atoms with van der Waals surface area (Å²) in [5.74, 6) is -0.452. The van der Waals surface area contributed by atoms with Gasteiger partial charge in [0, 0.05) is 18.9 Å². The number of hydrogen-bond donors (Lipinski definition) is 5. The Kier molecular flexibility index (Phi) is 9.22. The summed E-state index contributed by atoms with van der Waals surface area (Å²) < 4.78 is 21.1. The van der Waals surface area contributed by atoms with Crippen LogP contribution < -0.4 is 4.74 Å². The number of rotatable bonds is 9. The van der Waals surface area contributed by atoms with Gasteiger partial charge in [0.05, 0.1) is 19.3 Å². The quantitative estimate of drug-likeness (QED) is 0.231. The molecular weight excluding hydrogens is 464 g/mol. The number of methoxy groups -OCH3 is 1. The highest BCUT2D eigenvalue weighted by molar-refractivity contribution is 5.87. The number of carbonyl (C=O) groups is 2. The van der Waals surface area contributed by atoms with Crippen molar-refractivity contribution < 1.29 is 54.1 Å². The summed E-state index contributed by atoms with van der Waals surface area (Å²) in [5, 5.41) is 50.7. The van der Waals surface area contributed by atoms with Gasteiger partial charge in [-0.1, -0.05) is 6.07 Å². The largest absolute Gasteiger partial charge is 0.504 e. The Hall–Kier alpha value is -2.54. The molecule has 3 rings (SSSR count). The van der Waals surface area contributed by atoms with E-state index in [1.54, 1.807) is 6.07 Å². The fourth-order valence-corrected chi connectivity index (χ4v) is 3.98. The first-order valence-electron chi connectivity index (χ1n) is 11.4. The van der Waals surface area contributed by atoms with Crippen molar-refractivity contribution in [3.63, 3.8) is 0 Å². The number of phenols is 1. The molecular formula is C24H32O11. The average Bonchev–Trinajstić information content (AvgIpc) is 2.84. The van der Waals surface area contributed by atoms with Gasteiger partial charge in [-0.2, -0.15) is 0 Å². The fraction of sp³-hybridized carbons (Fsp3) is 0.583. The number of esters is 1. The van der Waals surface area contributed by atoms with Gasteiger partial charge in [0.15, 0.2) is 17.8 Å². The van der Waals surface area contributed by atoms with Crippen LogP contribution in [-0.2, 0) is 23.8 Å². The van der Waals surface area contributed by atoms with Crippen molar-refractivity contribution in [2.45, 2.75) is 68.4 Å². The number of aliphatic hydroxyl groups is 4. The molecule has 35 heavy (non-hydrogen) atoms. The molecule has 1 aromatic rings. The number of phenolic OH excluding ortho intramolecular Hbond substituents is 1. The molecule has 1 saturated carbocycles. The molecule has 2 unspecified atom stereocenters. The standard InChI is InChI=1S/C24H32O11/c1-32-17-12-14(2-4-16(17)26)3-5-19(27)34-13-18-20(28)21(29)22(30)23(35-18)33-11-10-24(31)8-6-15(25)7-9-24/h2-5,12,18,20-23,26,28-31H,6-11,13H2,1H3/b5-3+/t18?,20-,21-,22-,23?/m0/s1. The van der Waals surface area contributed by atoms with E-state index in [9.17, 15) is 35.1 Å². The second-order valence-electron chi connectivity index (χ2n) is 8.79. The van der Waals surface area contributed by atoms with Crippen LogP contribution >= 0.6 is 0 Å². The summed E-state index contributed by atoms with van der Waals surface area (Å²) in [6, 6.07) is 4.50. The maximum absolute atomic E-state index is 12.1. The first-order chi connectivity index (χ1) is 16.6. The van der Waals surface area contributed by atoms with Crippen molar-refractivity contribution in [1.82, 2.24) is 0 Å². The van der Waals surface area contributed by atoms with Crippen LogP contribution in [-0.4, -0.2) is 93.9 Å². The van der Waals surface area contributed by atoms with Crippen molar-refractivity contribution in [3.8, 4) is 11.5 Å². The molecule has 1 aliphatic carbocycles. The van der Waals surface area contributed by atoms with Crippen molar-refractivity contribution in [3.05, 3.63) is 29.8 Å². The maximum atomic E-state index is 12.1. The summed E-state index contributed by atoms with van der Waals surface area (Å²) >= 11 is 0. The predicted molar refractivity (Wildman–Crippen MR) is 120 cm³/mol. The van der Waals surface area contributed by atoms with Crippen LogP contribution in [0.2, 0.25) is 0 Å². The van der Waals surface area contributed by atoms with Gasteiger partial charge in [-0.15, -0.1) is 0 Å². The Morgan fingerprint density at radius 2 is 1.89 bits per heavy atom. The smallest absolute Gasteiger partial charge is 0.330 e. The summed E-state index contributed by atoms with van der Waals surface area (Å²) in [6.45, 7) is -0.431.